The van der Waals surface area contributed by atoms with Crippen LogP contribution in [-0.4, -0.2) is 50.7 Å². The van der Waals surface area contributed by atoms with Crippen molar-refractivity contribution in [1.82, 2.24) is 15.0 Å². The van der Waals surface area contributed by atoms with Crippen LogP contribution in [0.5, 0.6) is 11.5 Å². The molecule has 0 bridgehead atoms. The summed E-state index contributed by atoms with van der Waals surface area (Å²) in [6.45, 7) is 3.39. The van der Waals surface area contributed by atoms with Gasteiger partial charge in [-0.3, -0.25) is 9.00 Å². The number of carbonyl (C=O) groups is 1. The van der Waals surface area contributed by atoms with Gasteiger partial charge in [-0.25, -0.2) is 0 Å². The van der Waals surface area contributed by atoms with E-state index in [1.165, 1.54) is 0 Å². The Labute approximate surface area is 159 Å². The van der Waals surface area contributed by atoms with E-state index in [0.29, 0.717) is 47.9 Å². The second-order valence-electron chi connectivity index (χ2n) is 6.52. The summed E-state index contributed by atoms with van der Waals surface area (Å²) in [7, 11) is -1.29. The van der Waals surface area contributed by atoms with Crippen LogP contribution >= 0.6 is 0 Å². The van der Waals surface area contributed by atoms with Gasteiger partial charge in [0, 0.05) is 36.6 Å². The minimum Gasteiger partial charge on any atom is -0.486 e. The van der Waals surface area contributed by atoms with Crippen LogP contribution in [0.2, 0.25) is 0 Å². The number of rotatable bonds is 5. The number of carbonyl (C=O) groups excluding carboxylic acids is 1. The van der Waals surface area contributed by atoms with Crippen molar-refractivity contribution in [3.8, 4) is 11.5 Å². The summed E-state index contributed by atoms with van der Waals surface area (Å²) in [6.07, 6.45) is 1.92. The zero-order valence-electron chi connectivity index (χ0n) is 15.1. The number of amides is 1. The lowest BCUT2D eigenvalue weighted by atomic mass is 10.2. The Hall–Kier alpha value is -2.42. The minimum absolute atomic E-state index is 0.0363. The van der Waals surface area contributed by atoms with Crippen molar-refractivity contribution in [2.45, 2.75) is 37.1 Å². The van der Waals surface area contributed by atoms with Crippen molar-refractivity contribution in [1.29, 1.82) is 0 Å². The van der Waals surface area contributed by atoms with E-state index in [2.05, 4.69) is 10.1 Å². The van der Waals surface area contributed by atoms with E-state index in [9.17, 15) is 9.00 Å². The van der Waals surface area contributed by atoms with Crippen molar-refractivity contribution < 1.29 is 23.0 Å². The zero-order valence-corrected chi connectivity index (χ0v) is 15.9. The Bertz CT molecular complexity index is 868. The van der Waals surface area contributed by atoms with Gasteiger partial charge in [0.05, 0.1) is 16.8 Å². The highest BCUT2D eigenvalue weighted by Gasteiger charge is 2.33. The standard InChI is InChI=1S/C18H21N3O5S/c1-12-19-18(20-26-12)14-3-2-7-21(14)17(22)6-10-27(23)13-4-5-15-16(11-13)25-9-8-24-15/h4-5,11,14H,2-3,6-10H2,1H3. The molecular weight excluding hydrogens is 370 g/mol. The molecule has 4 rings (SSSR count). The third-order valence-electron chi connectivity index (χ3n) is 4.69. The Kier molecular flexibility index (Phi) is 5.11. The summed E-state index contributed by atoms with van der Waals surface area (Å²) in [5.41, 5.74) is 0. The molecule has 8 nitrogen and oxygen atoms in total. The van der Waals surface area contributed by atoms with E-state index < -0.39 is 10.8 Å². The third kappa shape index (κ3) is 3.83. The maximum Gasteiger partial charge on any atom is 0.224 e. The molecule has 2 unspecified atom stereocenters. The number of hydrogen-bond donors (Lipinski definition) is 0. The number of aryl methyl sites for hydroxylation is 1. The van der Waals surface area contributed by atoms with Crippen molar-refractivity contribution in [2.75, 3.05) is 25.5 Å². The number of ether oxygens (including phenoxy) is 2. The van der Waals surface area contributed by atoms with Crippen molar-refractivity contribution in [3.05, 3.63) is 29.9 Å². The van der Waals surface area contributed by atoms with Gasteiger partial charge in [-0.15, -0.1) is 0 Å². The van der Waals surface area contributed by atoms with Crippen molar-refractivity contribution >= 4 is 16.7 Å². The van der Waals surface area contributed by atoms with Gasteiger partial charge in [0.2, 0.25) is 11.8 Å². The van der Waals surface area contributed by atoms with Crippen LogP contribution in [0.4, 0.5) is 0 Å². The second kappa shape index (κ2) is 7.67. The van der Waals surface area contributed by atoms with Crippen LogP contribution in [0, 0.1) is 6.92 Å². The van der Waals surface area contributed by atoms with E-state index >= 15 is 0 Å². The smallest absolute Gasteiger partial charge is 0.224 e. The van der Waals surface area contributed by atoms with Gasteiger partial charge in [0.1, 0.15) is 13.2 Å². The number of likely N-dealkylation sites (tertiary alicyclic amines) is 1. The number of nitrogens with zero attached hydrogens (tertiary/aromatic N) is 3. The highest BCUT2D eigenvalue weighted by atomic mass is 32.2. The van der Waals surface area contributed by atoms with E-state index in [4.69, 9.17) is 14.0 Å². The summed E-state index contributed by atoms with van der Waals surface area (Å²) in [5, 5.41) is 3.95. The van der Waals surface area contributed by atoms with Gasteiger partial charge >= 0.3 is 0 Å². The zero-order chi connectivity index (χ0) is 18.8. The number of hydrogen-bond acceptors (Lipinski definition) is 7. The van der Waals surface area contributed by atoms with Gasteiger partial charge in [0.25, 0.3) is 0 Å². The first-order valence-electron chi connectivity index (χ1n) is 8.99. The molecular formula is C18H21N3O5S. The lowest BCUT2D eigenvalue weighted by molar-refractivity contribution is -0.131. The van der Waals surface area contributed by atoms with Crippen molar-refractivity contribution in [2.24, 2.45) is 0 Å². The van der Waals surface area contributed by atoms with Crippen LogP contribution in [0.1, 0.15) is 37.0 Å². The summed E-state index contributed by atoms with van der Waals surface area (Å²) < 4.78 is 28.6. The molecule has 2 atom stereocenters. The normalized spacial score (nSPS) is 19.9. The van der Waals surface area contributed by atoms with Crippen LogP contribution in [0.3, 0.4) is 0 Å². The van der Waals surface area contributed by atoms with Crippen LogP contribution in [-0.2, 0) is 15.6 Å². The summed E-state index contributed by atoms with van der Waals surface area (Å²) in [5.74, 6) is 2.52. The topological polar surface area (TPSA) is 94.8 Å². The Morgan fingerprint density at radius 3 is 2.89 bits per heavy atom. The number of benzene rings is 1. The first kappa shape index (κ1) is 18.0. The molecule has 2 aliphatic rings. The monoisotopic (exact) mass is 391 g/mol. The Morgan fingerprint density at radius 2 is 2.11 bits per heavy atom. The van der Waals surface area contributed by atoms with Gasteiger partial charge in [0.15, 0.2) is 17.3 Å². The summed E-state index contributed by atoms with van der Waals surface area (Å²) in [4.78, 5) is 19.3. The summed E-state index contributed by atoms with van der Waals surface area (Å²) >= 11 is 0. The van der Waals surface area contributed by atoms with E-state index in [0.717, 1.165) is 12.8 Å². The Balaban J connectivity index is 1.38. The molecule has 2 aliphatic heterocycles. The molecule has 2 aromatic rings. The molecule has 9 heteroatoms. The molecule has 0 saturated carbocycles. The van der Waals surface area contributed by atoms with E-state index in [1.54, 1.807) is 30.0 Å². The fourth-order valence-corrected chi connectivity index (χ4v) is 4.44. The number of fused-ring (bicyclic) bond motifs is 1. The fourth-order valence-electron chi connectivity index (χ4n) is 3.39. The maximum absolute atomic E-state index is 12.7. The molecule has 1 fully saturated rings. The highest BCUT2D eigenvalue weighted by molar-refractivity contribution is 7.85. The molecule has 1 aromatic heterocycles. The predicted molar refractivity (Wildman–Crippen MR) is 96.0 cm³/mol. The Morgan fingerprint density at radius 1 is 1.30 bits per heavy atom. The van der Waals surface area contributed by atoms with E-state index in [1.807, 2.05) is 0 Å². The highest BCUT2D eigenvalue weighted by Crippen LogP contribution is 2.33. The fraction of sp³-hybridized carbons (Fsp3) is 0.500. The SMILES string of the molecule is Cc1nc(C2CCCN2C(=O)CCS(=O)c2ccc3c(c2)OCCO3)no1. The molecule has 0 radical (unpaired) electrons. The van der Waals surface area contributed by atoms with Crippen LogP contribution in [0.15, 0.2) is 27.6 Å². The molecule has 1 amide bonds. The first-order chi connectivity index (χ1) is 13.1. The molecule has 1 saturated heterocycles. The molecule has 0 aliphatic carbocycles. The molecule has 144 valence electrons. The average Bonchev–Trinajstić information content (AvgIpc) is 3.34. The quantitative estimate of drug-likeness (QED) is 0.769. The lowest BCUT2D eigenvalue weighted by Crippen LogP contribution is -2.31. The molecule has 1 aromatic carbocycles. The van der Waals surface area contributed by atoms with Crippen LogP contribution < -0.4 is 9.47 Å². The second-order valence-corrected chi connectivity index (χ2v) is 8.09. The van der Waals surface area contributed by atoms with Crippen LogP contribution in [0.25, 0.3) is 0 Å². The third-order valence-corrected chi connectivity index (χ3v) is 6.05. The van der Waals surface area contributed by atoms with E-state index in [-0.39, 0.29) is 24.1 Å². The molecule has 27 heavy (non-hydrogen) atoms. The van der Waals surface area contributed by atoms with Gasteiger partial charge in [-0.05, 0) is 25.0 Å². The molecule has 0 N–H and O–H groups in total. The lowest BCUT2D eigenvalue weighted by Gasteiger charge is -2.22. The first-order valence-corrected chi connectivity index (χ1v) is 10.3. The largest absolute Gasteiger partial charge is 0.486 e. The predicted octanol–water partition coefficient (Wildman–Crippen LogP) is 2.01. The summed E-state index contributed by atoms with van der Waals surface area (Å²) in [6, 6.07) is 5.10. The van der Waals surface area contributed by atoms with Crippen molar-refractivity contribution in [3.63, 3.8) is 0 Å². The molecule has 3 heterocycles. The van der Waals surface area contributed by atoms with Gasteiger partial charge in [-0.2, -0.15) is 4.98 Å². The maximum atomic E-state index is 12.7. The average molecular weight is 391 g/mol. The van der Waals surface area contributed by atoms with Gasteiger partial charge in [-0.1, -0.05) is 5.16 Å². The molecule has 0 spiro atoms. The minimum atomic E-state index is -1.29. The number of aromatic nitrogens is 2. The van der Waals surface area contributed by atoms with Gasteiger partial charge < -0.3 is 18.9 Å².